The standard InChI is InChI=1S/C16H13BrCl3NO4S/c1-2-25-16(22)9-21(14-6-3-10(17)7-13(14)20)26(23,24)15-8-11(18)4-5-12(15)19/h3-8H,2,9H2,1H3. The molecule has 0 atom stereocenters. The summed E-state index contributed by atoms with van der Waals surface area (Å²) in [7, 11) is -4.24. The lowest BCUT2D eigenvalue weighted by Crippen LogP contribution is -2.37. The van der Waals surface area contributed by atoms with Crippen LogP contribution in [0.3, 0.4) is 0 Å². The molecule has 0 aliphatic heterocycles. The van der Waals surface area contributed by atoms with Crippen LogP contribution in [0.1, 0.15) is 6.92 Å². The van der Waals surface area contributed by atoms with Crippen molar-refractivity contribution in [1.82, 2.24) is 0 Å². The topological polar surface area (TPSA) is 63.7 Å². The van der Waals surface area contributed by atoms with E-state index in [1.165, 1.54) is 30.3 Å². The Balaban J connectivity index is 2.62. The second-order valence-electron chi connectivity index (χ2n) is 4.99. The van der Waals surface area contributed by atoms with Crippen molar-refractivity contribution in [2.45, 2.75) is 11.8 Å². The van der Waals surface area contributed by atoms with Gasteiger partial charge in [-0.05, 0) is 43.3 Å². The van der Waals surface area contributed by atoms with Gasteiger partial charge in [0.05, 0.1) is 22.3 Å². The van der Waals surface area contributed by atoms with Gasteiger partial charge in [0.2, 0.25) is 0 Å². The molecule has 0 spiro atoms. The number of sulfonamides is 1. The predicted octanol–water partition coefficient (Wildman–Crippen LogP) is 5.17. The highest BCUT2D eigenvalue weighted by molar-refractivity contribution is 9.10. The van der Waals surface area contributed by atoms with E-state index in [1.807, 2.05) is 0 Å². The highest BCUT2D eigenvalue weighted by Crippen LogP contribution is 2.35. The maximum Gasteiger partial charge on any atom is 0.326 e. The number of nitrogens with zero attached hydrogens (tertiary/aromatic N) is 1. The van der Waals surface area contributed by atoms with E-state index < -0.39 is 22.5 Å². The predicted molar refractivity (Wildman–Crippen MR) is 107 cm³/mol. The first-order chi connectivity index (χ1) is 12.2. The summed E-state index contributed by atoms with van der Waals surface area (Å²) in [6.07, 6.45) is 0. The third kappa shape index (κ3) is 4.84. The number of anilines is 1. The maximum absolute atomic E-state index is 13.2. The lowest BCUT2D eigenvalue weighted by atomic mass is 10.3. The first-order valence-electron chi connectivity index (χ1n) is 7.25. The minimum atomic E-state index is -4.24. The quantitative estimate of drug-likeness (QED) is 0.513. The average molecular weight is 502 g/mol. The number of halogens is 4. The molecular weight excluding hydrogens is 489 g/mol. The summed E-state index contributed by atoms with van der Waals surface area (Å²) in [5, 5.41) is 0.285. The van der Waals surface area contributed by atoms with E-state index in [-0.39, 0.29) is 32.3 Å². The SMILES string of the molecule is CCOC(=O)CN(c1ccc(Br)cc1Cl)S(=O)(=O)c1cc(Cl)ccc1Cl. The van der Waals surface area contributed by atoms with Crippen molar-refractivity contribution in [2.24, 2.45) is 0 Å². The molecule has 2 aromatic rings. The van der Waals surface area contributed by atoms with Crippen LogP contribution in [0.25, 0.3) is 0 Å². The van der Waals surface area contributed by atoms with Crippen molar-refractivity contribution >= 4 is 72.4 Å². The molecule has 5 nitrogen and oxygen atoms in total. The third-order valence-corrected chi connectivity index (χ3v) is 6.49. The van der Waals surface area contributed by atoms with Crippen LogP contribution in [0.2, 0.25) is 15.1 Å². The largest absolute Gasteiger partial charge is 0.465 e. The molecule has 0 radical (unpaired) electrons. The van der Waals surface area contributed by atoms with E-state index in [0.29, 0.717) is 4.47 Å². The summed E-state index contributed by atoms with van der Waals surface area (Å²) in [6, 6.07) is 8.64. The number of carbonyl (C=O) groups excluding carboxylic acids is 1. The first-order valence-corrected chi connectivity index (χ1v) is 10.6. The van der Waals surface area contributed by atoms with Gasteiger partial charge in [0, 0.05) is 9.50 Å². The van der Waals surface area contributed by atoms with Crippen LogP contribution < -0.4 is 4.31 Å². The second kappa shape index (κ2) is 8.80. The first kappa shape index (κ1) is 21.3. The van der Waals surface area contributed by atoms with Crippen LogP contribution in [0, 0.1) is 0 Å². The summed E-state index contributed by atoms with van der Waals surface area (Å²) >= 11 is 21.4. The van der Waals surface area contributed by atoms with Crippen molar-refractivity contribution in [3.8, 4) is 0 Å². The van der Waals surface area contributed by atoms with Crippen LogP contribution >= 0.6 is 50.7 Å². The fraction of sp³-hybridized carbons (Fsp3) is 0.188. The second-order valence-corrected chi connectivity index (χ2v) is 8.98. The Bertz CT molecular complexity index is 937. The van der Waals surface area contributed by atoms with E-state index in [4.69, 9.17) is 39.5 Å². The molecule has 0 fully saturated rings. The van der Waals surface area contributed by atoms with Gasteiger partial charge in [0.1, 0.15) is 11.4 Å². The number of carbonyl (C=O) groups is 1. The lowest BCUT2D eigenvalue weighted by molar-refractivity contribution is -0.141. The number of benzene rings is 2. The lowest BCUT2D eigenvalue weighted by Gasteiger charge is -2.25. The molecule has 2 rings (SSSR count). The highest BCUT2D eigenvalue weighted by Gasteiger charge is 2.31. The molecule has 0 unspecified atom stereocenters. The van der Waals surface area contributed by atoms with Gasteiger partial charge in [-0.15, -0.1) is 0 Å². The van der Waals surface area contributed by atoms with Crippen molar-refractivity contribution < 1.29 is 17.9 Å². The fourth-order valence-electron chi connectivity index (χ4n) is 2.10. The molecule has 0 bridgehead atoms. The zero-order valence-corrected chi connectivity index (χ0v) is 18.0. The zero-order valence-electron chi connectivity index (χ0n) is 13.4. The molecule has 0 aliphatic carbocycles. The molecule has 0 aliphatic rings. The summed E-state index contributed by atoms with van der Waals surface area (Å²) in [5.41, 5.74) is 0.110. The minimum absolute atomic E-state index is 0.0310. The van der Waals surface area contributed by atoms with Crippen LogP contribution in [0.5, 0.6) is 0 Å². The molecule has 140 valence electrons. The minimum Gasteiger partial charge on any atom is -0.465 e. The summed E-state index contributed by atoms with van der Waals surface area (Å²) < 4.78 is 32.8. The van der Waals surface area contributed by atoms with E-state index in [2.05, 4.69) is 15.9 Å². The van der Waals surface area contributed by atoms with Gasteiger partial charge in [0.15, 0.2) is 0 Å². The Labute approximate surface area is 175 Å². The van der Waals surface area contributed by atoms with E-state index in [0.717, 1.165) is 4.31 Å². The number of hydrogen-bond acceptors (Lipinski definition) is 4. The summed E-state index contributed by atoms with van der Waals surface area (Å²) in [6.45, 7) is 1.16. The smallest absolute Gasteiger partial charge is 0.326 e. The van der Waals surface area contributed by atoms with Crippen molar-refractivity contribution in [2.75, 3.05) is 17.5 Å². The van der Waals surface area contributed by atoms with Gasteiger partial charge >= 0.3 is 5.97 Å². The van der Waals surface area contributed by atoms with Gasteiger partial charge in [-0.3, -0.25) is 9.10 Å². The zero-order chi connectivity index (χ0) is 19.5. The normalized spacial score (nSPS) is 11.3. The Kier molecular flexibility index (Phi) is 7.21. The van der Waals surface area contributed by atoms with Gasteiger partial charge in [-0.25, -0.2) is 8.42 Å². The molecule has 0 saturated heterocycles. The van der Waals surface area contributed by atoms with E-state index >= 15 is 0 Å². The monoisotopic (exact) mass is 499 g/mol. The number of rotatable bonds is 6. The van der Waals surface area contributed by atoms with Gasteiger partial charge in [-0.2, -0.15) is 0 Å². The molecule has 2 aromatic carbocycles. The van der Waals surface area contributed by atoms with Gasteiger partial charge in [0.25, 0.3) is 10.0 Å². The van der Waals surface area contributed by atoms with Crippen LogP contribution in [-0.4, -0.2) is 27.5 Å². The van der Waals surface area contributed by atoms with Crippen LogP contribution in [0.15, 0.2) is 45.8 Å². The Hall–Kier alpha value is -0.990. The van der Waals surface area contributed by atoms with Gasteiger partial charge in [-0.1, -0.05) is 50.7 Å². The van der Waals surface area contributed by atoms with Crippen LogP contribution in [0.4, 0.5) is 5.69 Å². The fourth-order valence-corrected chi connectivity index (χ4v) is 5.09. The maximum atomic E-state index is 13.2. The van der Waals surface area contributed by atoms with Crippen LogP contribution in [-0.2, 0) is 19.6 Å². The molecule has 10 heteroatoms. The number of esters is 1. The molecule has 0 heterocycles. The molecular formula is C16H13BrCl3NO4S. The van der Waals surface area contributed by atoms with Crippen molar-refractivity contribution in [1.29, 1.82) is 0 Å². The number of ether oxygens (including phenoxy) is 1. The van der Waals surface area contributed by atoms with E-state index in [9.17, 15) is 13.2 Å². The molecule has 0 aromatic heterocycles. The van der Waals surface area contributed by atoms with Crippen molar-refractivity contribution in [3.05, 3.63) is 55.9 Å². The summed E-state index contributed by atoms with van der Waals surface area (Å²) in [4.78, 5) is 11.8. The van der Waals surface area contributed by atoms with Crippen molar-refractivity contribution in [3.63, 3.8) is 0 Å². The molecule has 0 amide bonds. The van der Waals surface area contributed by atoms with E-state index in [1.54, 1.807) is 13.0 Å². The van der Waals surface area contributed by atoms with Gasteiger partial charge < -0.3 is 4.74 Å². The number of hydrogen-bond donors (Lipinski definition) is 0. The summed E-state index contributed by atoms with van der Waals surface area (Å²) in [5.74, 6) is -0.729. The third-order valence-electron chi connectivity index (χ3n) is 3.22. The molecule has 0 saturated carbocycles. The molecule has 26 heavy (non-hydrogen) atoms. The Morgan fingerprint density at radius 1 is 1.12 bits per heavy atom. The Morgan fingerprint density at radius 2 is 1.81 bits per heavy atom. The average Bonchev–Trinajstić information content (AvgIpc) is 2.55. The highest BCUT2D eigenvalue weighted by atomic mass is 79.9. The Morgan fingerprint density at radius 3 is 2.42 bits per heavy atom. The molecule has 0 N–H and O–H groups in total.